The Balaban J connectivity index is 1.66. The summed E-state index contributed by atoms with van der Waals surface area (Å²) in [4.78, 5) is 12.2. The molecule has 0 saturated heterocycles. The lowest BCUT2D eigenvalue weighted by molar-refractivity contribution is 0.0955. The molecule has 28 heavy (non-hydrogen) atoms. The lowest BCUT2D eigenvalue weighted by Gasteiger charge is -2.10. The van der Waals surface area contributed by atoms with E-state index < -0.39 is 0 Å². The first kappa shape index (κ1) is 19.9. The Kier molecular flexibility index (Phi) is 6.69. The second kappa shape index (κ2) is 9.40. The monoisotopic (exact) mass is 412 g/mol. The van der Waals surface area contributed by atoms with Gasteiger partial charge in [-0.1, -0.05) is 59.1 Å². The van der Waals surface area contributed by atoms with E-state index in [-0.39, 0.29) is 12.5 Å². The maximum atomic E-state index is 12.2. The molecule has 0 atom stereocenters. The molecule has 1 amide bonds. The molecule has 3 rings (SSSR count). The Bertz CT molecular complexity index is 1020. The van der Waals surface area contributed by atoms with Crippen LogP contribution in [0, 0.1) is 6.92 Å². The molecular formula is C22H18Cl2N2O2. The van der Waals surface area contributed by atoms with Gasteiger partial charge in [-0.05, 0) is 43.3 Å². The molecule has 0 aliphatic heterocycles. The lowest BCUT2D eigenvalue weighted by Crippen LogP contribution is -2.17. The largest absolute Gasteiger partial charge is 0.488 e. The highest BCUT2D eigenvalue weighted by atomic mass is 35.5. The quantitative estimate of drug-likeness (QED) is 0.420. The first-order valence-electron chi connectivity index (χ1n) is 8.59. The number of hydrogen-bond donors (Lipinski definition) is 1. The van der Waals surface area contributed by atoms with E-state index >= 15 is 0 Å². The number of nitrogens with zero attached hydrogens (tertiary/aromatic N) is 1. The van der Waals surface area contributed by atoms with Crippen LogP contribution < -0.4 is 10.2 Å². The van der Waals surface area contributed by atoms with Crippen LogP contribution >= 0.6 is 23.2 Å². The van der Waals surface area contributed by atoms with Crippen LogP contribution in [0.2, 0.25) is 10.0 Å². The van der Waals surface area contributed by atoms with Crippen LogP contribution in [0.4, 0.5) is 0 Å². The molecule has 4 nitrogen and oxygen atoms in total. The molecule has 0 aromatic heterocycles. The van der Waals surface area contributed by atoms with Crippen LogP contribution in [0.25, 0.3) is 0 Å². The van der Waals surface area contributed by atoms with Gasteiger partial charge in [-0.15, -0.1) is 0 Å². The third-order valence-corrected chi connectivity index (χ3v) is 4.55. The van der Waals surface area contributed by atoms with Crippen LogP contribution in [0.1, 0.15) is 27.0 Å². The van der Waals surface area contributed by atoms with Crippen LogP contribution in [-0.4, -0.2) is 12.1 Å². The fourth-order valence-electron chi connectivity index (χ4n) is 2.52. The molecule has 142 valence electrons. The average Bonchev–Trinajstić information content (AvgIpc) is 2.68. The van der Waals surface area contributed by atoms with E-state index in [2.05, 4.69) is 10.5 Å². The van der Waals surface area contributed by atoms with Gasteiger partial charge in [0.15, 0.2) is 0 Å². The van der Waals surface area contributed by atoms with Crippen molar-refractivity contribution in [1.29, 1.82) is 0 Å². The van der Waals surface area contributed by atoms with Crippen LogP contribution in [0.5, 0.6) is 5.75 Å². The van der Waals surface area contributed by atoms with E-state index in [9.17, 15) is 4.79 Å². The van der Waals surface area contributed by atoms with Crippen LogP contribution in [0.3, 0.4) is 0 Å². The van der Waals surface area contributed by atoms with Crippen molar-refractivity contribution in [2.45, 2.75) is 13.5 Å². The normalized spacial score (nSPS) is 10.8. The minimum Gasteiger partial charge on any atom is -0.488 e. The number of aryl methyl sites for hydroxylation is 1. The van der Waals surface area contributed by atoms with Gasteiger partial charge in [0, 0.05) is 26.7 Å². The molecule has 0 heterocycles. The van der Waals surface area contributed by atoms with Crippen molar-refractivity contribution in [2.24, 2.45) is 5.10 Å². The van der Waals surface area contributed by atoms with E-state index in [1.165, 1.54) is 0 Å². The van der Waals surface area contributed by atoms with E-state index in [0.29, 0.717) is 21.4 Å². The summed E-state index contributed by atoms with van der Waals surface area (Å²) < 4.78 is 5.87. The topological polar surface area (TPSA) is 50.7 Å². The van der Waals surface area contributed by atoms with Crippen LogP contribution in [0.15, 0.2) is 71.8 Å². The summed E-state index contributed by atoms with van der Waals surface area (Å²) in [6, 6.07) is 20.0. The lowest BCUT2D eigenvalue weighted by atomic mass is 10.1. The van der Waals surface area contributed by atoms with Gasteiger partial charge >= 0.3 is 0 Å². The maximum absolute atomic E-state index is 12.2. The number of rotatable bonds is 6. The van der Waals surface area contributed by atoms with E-state index in [0.717, 1.165) is 16.7 Å². The number of hydrazone groups is 1. The number of para-hydroxylation sites is 1. The SMILES string of the molecule is Cc1cccc(C(=O)N/N=C/c2ccccc2OCc2ccc(Cl)cc2Cl)c1. The molecule has 0 bridgehead atoms. The molecule has 0 radical (unpaired) electrons. The van der Waals surface area contributed by atoms with Gasteiger partial charge in [0.2, 0.25) is 0 Å². The Hall–Kier alpha value is -2.82. The van der Waals surface area contributed by atoms with Gasteiger partial charge < -0.3 is 4.74 Å². The fourth-order valence-corrected chi connectivity index (χ4v) is 2.99. The third-order valence-electron chi connectivity index (χ3n) is 3.97. The smallest absolute Gasteiger partial charge is 0.271 e. The van der Waals surface area contributed by atoms with Gasteiger partial charge in [-0.2, -0.15) is 5.10 Å². The minimum absolute atomic E-state index is 0.272. The van der Waals surface area contributed by atoms with Gasteiger partial charge in [0.05, 0.1) is 6.21 Å². The summed E-state index contributed by atoms with van der Waals surface area (Å²) in [5.74, 6) is 0.355. The number of carbonyl (C=O) groups excluding carboxylic acids is 1. The predicted octanol–water partition coefficient (Wildman–Crippen LogP) is 5.64. The van der Waals surface area contributed by atoms with Crippen molar-refractivity contribution in [2.75, 3.05) is 0 Å². The third kappa shape index (κ3) is 5.35. The summed E-state index contributed by atoms with van der Waals surface area (Å²) in [5.41, 5.74) is 5.65. The average molecular weight is 413 g/mol. The molecule has 6 heteroatoms. The first-order chi connectivity index (χ1) is 13.5. The highest BCUT2D eigenvalue weighted by Gasteiger charge is 2.06. The predicted molar refractivity (Wildman–Crippen MR) is 113 cm³/mol. The number of ether oxygens (including phenoxy) is 1. The van der Waals surface area contributed by atoms with Gasteiger partial charge in [0.1, 0.15) is 12.4 Å². The summed E-state index contributed by atoms with van der Waals surface area (Å²) in [6.45, 7) is 2.22. The number of halogens is 2. The molecule has 0 aliphatic carbocycles. The van der Waals surface area contributed by atoms with Crippen molar-refractivity contribution in [3.63, 3.8) is 0 Å². The Morgan fingerprint density at radius 3 is 2.68 bits per heavy atom. The zero-order valence-corrected chi connectivity index (χ0v) is 16.7. The van der Waals surface area contributed by atoms with Crippen molar-refractivity contribution < 1.29 is 9.53 Å². The maximum Gasteiger partial charge on any atom is 0.271 e. The molecule has 0 aliphatic rings. The number of benzene rings is 3. The molecule has 3 aromatic carbocycles. The zero-order chi connectivity index (χ0) is 19.9. The minimum atomic E-state index is -0.272. The number of amides is 1. The van der Waals surface area contributed by atoms with Crippen molar-refractivity contribution in [1.82, 2.24) is 5.43 Å². The highest BCUT2D eigenvalue weighted by Crippen LogP contribution is 2.23. The molecular weight excluding hydrogens is 395 g/mol. The van der Waals surface area contributed by atoms with Crippen molar-refractivity contribution in [3.8, 4) is 5.75 Å². The highest BCUT2D eigenvalue weighted by molar-refractivity contribution is 6.35. The molecule has 0 unspecified atom stereocenters. The number of nitrogens with one attached hydrogen (secondary N) is 1. The number of carbonyl (C=O) groups is 1. The summed E-state index contributed by atoms with van der Waals surface area (Å²) in [6.07, 6.45) is 1.55. The summed E-state index contributed by atoms with van der Waals surface area (Å²) >= 11 is 12.1. The van der Waals surface area contributed by atoms with E-state index in [1.54, 1.807) is 30.5 Å². The Labute approximate surface area is 173 Å². The van der Waals surface area contributed by atoms with Gasteiger partial charge in [0.25, 0.3) is 5.91 Å². The van der Waals surface area contributed by atoms with E-state index in [1.807, 2.05) is 49.4 Å². The molecule has 3 aromatic rings. The van der Waals surface area contributed by atoms with Crippen molar-refractivity contribution >= 4 is 35.3 Å². The van der Waals surface area contributed by atoms with Gasteiger partial charge in [-0.25, -0.2) is 5.43 Å². The Morgan fingerprint density at radius 2 is 1.89 bits per heavy atom. The molecule has 0 spiro atoms. The summed E-state index contributed by atoms with van der Waals surface area (Å²) in [7, 11) is 0. The van der Waals surface area contributed by atoms with E-state index in [4.69, 9.17) is 27.9 Å². The Morgan fingerprint density at radius 1 is 1.07 bits per heavy atom. The number of hydrogen-bond acceptors (Lipinski definition) is 3. The molecule has 0 fully saturated rings. The standard InChI is InChI=1S/C22H18Cl2N2O2/c1-15-5-4-7-16(11-15)22(27)26-25-13-17-6-2-3-8-21(17)28-14-18-9-10-19(23)12-20(18)24/h2-13H,14H2,1H3,(H,26,27)/b25-13+. The zero-order valence-electron chi connectivity index (χ0n) is 15.2. The second-order valence-corrected chi connectivity index (χ2v) is 6.97. The fraction of sp³-hybridized carbons (Fsp3) is 0.0909. The van der Waals surface area contributed by atoms with Gasteiger partial charge in [-0.3, -0.25) is 4.79 Å². The molecule has 0 saturated carbocycles. The van der Waals surface area contributed by atoms with Crippen LogP contribution in [-0.2, 0) is 6.61 Å². The van der Waals surface area contributed by atoms with Crippen molar-refractivity contribution in [3.05, 3.63) is 99.0 Å². The molecule has 1 N–H and O–H groups in total. The summed E-state index contributed by atoms with van der Waals surface area (Å²) in [5, 5.41) is 5.16. The second-order valence-electron chi connectivity index (χ2n) is 6.13. The first-order valence-corrected chi connectivity index (χ1v) is 9.34.